The van der Waals surface area contributed by atoms with E-state index in [0.29, 0.717) is 18.3 Å². The minimum absolute atomic E-state index is 0.0995. The summed E-state index contributed by atoms with van der Waals surface area (Å²) in [7, 11) is 0. The average Bonchev–Trinajstić information content (AvgIpc) is 3.30. The minimum Gasteiger partial charge on any atom is -0.390 e. The van der Waals surface area contributed by atoms with Crippen LogP contribution in [0.5, 0.6) is 0 Å². The van der Waals surface area contributed by atoms with Crippen LogP contribution < -0.4 is 5.32 Å². The molecule has 4 nitrogen and oxygen atoms in total. The maximum absolute atomic E-state index is 11.5. The summed E-state index contributed by atoms with van der Waals surface area (Å²) in [6.45, 7) is 3.27. The lowest BCUT2D eigenvalue weighted by molar-refractivity contribution is -0.115. The van der Waals surface area contributed by atoms with Crippen LogP contribution in [0.1, 0.15) is 29.5 Å². The molecular formula is C24H28N2O2. The first-order chi connectivity index (χ1) is 13.6. The van der Waals surface area contributed by atoms with E-state index in [-0.39, 0.29) is 5.91 Å². The van der Waals surface area contributed by atoms with Crippen molar-refractivity contribution in [2.75, 3.05) is 25.0 Å². The predicted molar refractivity (Wildman–Crippen MR) is 110 cm³/mol. The summed E-state index contributed by atoms with van der Waals surface area (Å²) < 4.78 is 0. The van der Waals surface area contributed by atoms with Crippen molar-refractivity contribution in [3.63, 3.8) is 0 Å². The molecule has 1 aliphatic carbocycles. The Labute approximate surface area is 166 Å². The van der Waals surface area contributed by atoms with Crippen molar-refractivity contribution in [1.82, 2.24) is 4.90 Å². The number of likely N-dealkylation sites (tertiary alicyclic amines) is 1. The van der Waals surface area contributed by atoms with Crippen LogP contribution in [0.2, 0.25) is 0 Å². The van der Waals surface area contributed by atoms with E-state index < -0.39 is 5.60 Å². The van der Waals surface area contributed by atoms with Crippen LogP contribution in [-0.2, 0) is 24.1 Å². The number of nitrogens with one attached hydrogen (secondary N) is 1. The summed E-state index contributed by atoms with van der Waals surface area (Å²) in [5.74, 6) is 1.34. The summed E-state index contributed by atoms with van der Waals surface area (Å²) in [4.78, 5) is 14.1. The van der Waals surface area contributed by atoms with Gasteiger partial charge in [-0.1, -0.05) is 42.5 Å². The molecule has 2 N–H and O–H groups in total. The topological polar surface area (TPSA) is 52.6 Å². The lowest BCUT2D eigenvalue weighted by atomic mass is 9.91. The van der Waals surface area contributed by atoms with Gasteiger partial charge in [-0.15, -0.1) is 0 Å². The number of carbonyl (C=O) groups excluding carboxylic acids is 1. The third kappa shape index (κ3) is 3.59. The minimum atomic E-state index is -0.525. The Morgan fingerprint density at radius 1 is 1.04 bits per heavy atom. The van der Waals surface area contributed by atoms with Crippen molar-refractivity contribution in [1.29, 1.82) is 0 Å². The van der Waals surface area contributed by atoms with Crippen LogP contribution in [0.25, 0.3) is 0 Å². The van der Waals surface area contributed by atoms with Crippen molar-refractivity contribution < 1.29 is 9.90 Å². The number of anilines is 1. The summed E-state index contributed by atoms with van der Waals surface area (Å²) in [5, 5.41) is 14.0. The van der Waals surface area contributed by atoms with Gasteiger partial charge >= 0.3 is 0 Å². The molecule has 1 unspecified atom stereocenters. The lowest BCUT2D eigenvalue weighted by Crippen LogP contribution is -2.32. The fourth-order valence-corrected chi connectivity index (χ4v) is 5.59. The Bertz CT molecular complexity index is 865. The van der Waals surface area contributed by atoms with Gasteiger partial charge in [-0.25, -0.2) is 0 Å². The zero-order valence-electron chi connectivity index (χ0n) is 16.2. The van der Waals surface area contributed by atoms with Crippen molar-refractivity contribution in [3.05, 3.63) is 65.2 Å². The second-order valence-corrected chi connectivity index (χ2v) is 9.04. The summed E-state index contributed by atoms with van der Waals surface area (Å²) >= 11 is 0. The summed E-state index contributed by atoms with van der Waals surface area (Å²) in [6.07, 6.45) is 4.17. The van der Waals surface area contributed by atoms with Gasteiger partial charge in [-0.2, -0.15) is 0 Å². The normalized spacial score (nSPS) is 29.0. The number of benzene rings is 2. The molecular weight excluding hydrogens is 348 g/mol. The molecule has 0 aromatic heterocycles. The van der Waals surface area contributed by atoms with Gasteiger partial charge in [-0.3, -0.25) is 4.79 Å². The molecule has 0 bridgehead atoms. The summed E-state index contributed by atoms with van der Waals surface area (Å²) in [6, 6.07) is 16.8. The van der Waals surface area contributed by atoms with E-state index in [9.17, 15) is 9.90 Å². The van der Waals surface area contributed by atoms with E-state index in [2.05, 4.69) is 46.6 Å². The first kappa shape index (κ1) is 17.9. The largest absolute Gasteiger partial charge is 0.390 e. The molecule has 0 radical (unpaired) electrons. The van der Waals surface area contributed by atoms with Gasteiger partial charge in [0.15, 0.2) is 0 Å². The number of aliphatic hydroxyl groups is 1. The van der Waals surface area contributed by atoms with E-state index in [1.165, 1.54) is 11.1 Å². The monoisotopic (exact) mass is 376 g/mol. The fraction of sp³-hybridized carbons (Fsp3) is 0.458. The molecule has 28 heavy (non-hydrogen) atoms. The highest BCUT2D eigenvalue weighted by Crippen LogP contribution is 2.45. The molecule has 4 heteroatoms. The fourth-order valence-electron chi connectivity index (χ4n) is 5.59. The number of nitrogens with zero attached hydrogens (tertiary/aromatic N) is 1. The van der Waals surface area contributed by atoms with Crippen molar-refractivity contribution in [2.24, 2.45) is 11.8 Å². The first-order valence-corrected chi connectivity index (χ1v) is 10.5. The highest BCUT2D eigenvalue weighted by Gasteiger charge is 2.47. The van der Waals surface area contributed by atoms with Crippen molar-refractivity contribution in [2.45, 2.75) is 37.7 Å². The van der Waals surface area contributed by atoms with Gasteiger partial charge in [-0.05, 0) is 53.9 Å². The molecule has 3 aliphatic rings. The molecule has 2 aromatic rings. The van der Waals surface area contributed by atoms with Gasteiger partial charge in [0.1, 0.15) is 0 Å². The molecule has 0 spiro atoms. The maximum Gasteiger partial charge on any atom is 0.228 e. The molecule has 2 fully saturated rings. The van der Waals surface area contributed by atoms with Crippen molar-refractivity contribution >= 4 is 11.6 Å². The first-order valence-electron chi connectivity index (χ1n) is 10.5. The molecule has 2 aliphatic heterocycles. The molecule has 3 atom stereocenters. The SMILES string of the molecule is O=C1Cc2cc(CCN3C[C@@H]4CC(O)(Cc5ccccc5)C[C@@H]4C3)ccc2N1. The number of fused-ring (bicyclic) bond motifs is 2. The van der Waals surface area contributed by atoms with Gasteiger partial charge in [0, 0.05) is 31.7 Å². The Hall–Kier alpha value is -2.17. The van der Waals surface area contributed by atoms with Crippen LogP contribution >= 0.6 is 0 Å². The van der Waals surface area contributed by atoms with E-state index in [0.717, 1.165) is 56.6 Å². The van der Waals surface area contributed by atoms with Crippen LogP contribution in [0, 0.1) is 11.8 Å². The van der Waals surface area contributed by atoms with Gasteiger partial charge in [0.05, 0.1) is 12.0 Å². The van der Waals surface area contributed by atoms with Crippen LogP contribution in [-0.4, -0.2) is 41.1 Å². The van der Waals surface area contributed by atoms with Gasteiger partial charge < -0.3 is 15.3 Å². The van der Waals surface area contributed by atoms with Crippen LogP contribution in [0.15, 0.2) is 48.5 Å². The summed E-state index contributed by atoms with van der Waals surface area (Å²) in [5.41, 5.74) is 4.13. The second-order valence-electron chi connectivity index (χ2n) is 9.04. The van der Waals surface area contributed by atoms with Crippen LogP contribution in [0.3, 0.4) is 0 Å². The quantitative estimate of drug-likeness (QED) is 0.843. The smallest absolute Gasteiger partial charge is 0.228 e. The van der Waals surface area contributed by atoms with E-state index in [1.54, 1.807) is 0 Å². The molecule has 146 valence electrons. The number of hydrogen-bond acceptors (Lipinski definition) is 3. The third-order valence-electron chi connectivity index (χ3n) is 6.82. The zero-order valence-corrected chi connectivity index (χ0v) is 16.2. The Kier molecular flexibility index (Phi) is 4.48. The molecule has 1 saturated heterocycles. The second kappa shape index (κ2) is 7.02. The lowest BCUT2D eigenvalue weighted by Gasteiger charge is -2.26. The highest BCUT2D eigenvalue weighted by molar-refractivity contribution is 5.99. The van der Waals surface area contributed by atoms with Gasteiger partial charge in [0.25, 0.3) is 0 Å². The van der Waals surface area contributed by atoms with E-state index in [4.69, 9.17) is 0 Å². The van der Waals surface area contributed by atoms with E-state index >= 15 is 0 Å². The molecule has 5 rings (SSSR count). The number of rotatable bonds is 5. The molecule has 2 heterocycles. The number of amides is 1. The van der Waals surface area contributed by atoms with E-state index in [1.807, 2.05) is 12.1 Å². The Morgan fingerprint density at radius 2 is 1.79 bits per heavy atom. The molecule has 2 aromatic carbocycles. The number of carbonyl (C=O) groups is 1. The maximum atomic E-state index is 11.5. The van der Waals surface area contributed by atoms with Crippen molar-refractivity contribution in [3.8, 4) is 0 Å². The molecule has 1 amide bonds. The highest BCUT2D eigenvalue weighted by atomic mass is 16.3. The zero-order chi connectivity index (χ0) is 19.1. The Morgan fingerprint density at radius 3 is 2.54 bits per heavy atom. The number of hydrogen-bond donors (Lipinski definition) is 2. The average molecular weight is 377 g/mol. The Balaban J connectivity index is 1.14. The predicted octanol–water partition coefficient (Wildman–Crippen LogP) is 3.04. The van der Waals surface area contributed by atoms with Gasteiger partial charge in [0.2, 0.25) is 5.91 Å². The standard InChI is InChI=1S/C24H28N2O2/c27-23-11-19-10-17(6-7-22(19)25-23)8-9-26-15-20-13-24(28,14-21(20)16-26)12-18-4-2-1-3-5-18/h1-7,10,20-21,28H,8-9,11-16H2,(H,25,27)/t20-,21+,24?. The van der Waals surface area contributed by atoms with Crippen LogP contribution in [0.4, 0.5) is 5.69 Å². The third-order valence-corrected chi connectivity index (χ3v) is 6.82. The molecule has 1 saturated carbocycles.